The third-order valence-corrected chi connectivity index (χ3v) is 4.43. The maximum absolute atomic E-state index is 2.62. The van der Waals surface area contributed by atoms with Gasteiger partial charge in [-0.15, -0.1) is 0 Å². The van der Waals surface area contributed by atoms with Gasteiger partial charge in [-0.05, 0) is 31.4 Å². The van der Waals surface area contributed by atoms with Crippen LogP contribution >= 0.6 is 0 Å². The van der Waals surface area contributed by atoms with Crippen molar-refractivity contribution in [2.24, 2.45) is 0 Å². The molecule has 0 atom stereocenters. The highest BCUT2D eigenvalue weighted by Crippen LogP contribution is 2.26. The van der Waals surface area contributed by atoms with Crippen molar-refractivity contribution in [2.45, 2.75) is 58.7 Å². The van der Waals surface area contributed by atoms with E-state index in [-0.39, 0.29) is 5.54 Å². The van der Waals surface area contributed by atoms with E-state index in [0.717, 1.165) is 13.1 Å². The molecule has 0 aromatic heterocycles. The zero-order valence-electron chi connectivity index (χ0n) is 14.3. The van der Waals surface area contributed by atoms with E-state index in [4.69, 9.17) is 0 Å². The summed E-state index contributed by atoms with van der Waals surface area (Å²) >= 11 is 0. The van der Waals surface area contributed by atoms with E-state index in [1.807, 2.05) is 0 Å². The molecule has 0 saturated carbocycles. The molecule has 0 aliphatic carbocycles. The van der Waals surface area contributed by atoms with E-state index in [1.165, 1.54) is 30.4 Å². The van der Waals surface area contributed by atoms with Gasteiger partial charge in [0.05, 0.1) is 0 Å². The molecule has 0 aliphatic heterocycles. The first-order chi connectivity index (χ1) is 10.6. The second-order valence-electron chi connectivity index (χ2n) is 6.74. The van der Waals surface area contributed by atoms with Crippen LogP contribution < -0.4 is 0 Å². The lowest BCUT2D eigenvalue weighted by Gasteiger charge is -2.39. The minimum absolute atomic E-state index is 0.210. The van der Waals surface area contributed by atoms with E-state index in [1.54, 1.807) is 0 Å². The van der Waals surface area contributed by atoms with Gasteiger partial charge in [-0.25, -0.2) is 0 Å². The Bertz CT molecular complexity index is 489. The number of hydrogen-bond donors (Lipinski definition) is 0. The van der Waals surface area contributed by atoms with Gasteiger partial charge >= 0.3 is 0 Å². The summed E-state index contributed by atoms with van der Waals surface area (Å²) in [5.74, 6) is 0. The zero-order chi connectivity index (χ0) is 15.8. The normalized spacial score (nSPS) is 11.8. The van der Waals surface area contributed by atoms with E-state index < -0.39 is 0 Å². The summed E-state index contributed by atoms with van der Waals surface area (Å²) in [7, 11) is 0. The molecule has 0 fully saturated rings. The van der Waals surface area contributed by atoms with Crippen LogP contribution in [0.3, 0.4) is 0 Å². The third kappa shape index (κ3) is 4.99. The Kier molecular flexibility index (Phi) is 6.21. The van der Waals surface area contributed by atoms with Crippen molar-refractivity contribution < 1.29 is 0 Å². The average molecular weight is 295 g/mol. The fourth-order valence-corrected chi connectivity index (χ4v) is 2.86. The topological polar surface area (TPSA) is 3.24 Å². The molecule has 0 unspecified atom stereocenters. The smallest absolute Gasteiger partial charge is 0.0242 e. The number of nitrogens with zero attached hydrogens (tertiary/aromatic N) is 1. The highest BCUT2D eigenvalue weighted by molar-refractivity contribution is 5.17. The Morgan fingerprint density at radius 3 is 1.64 bits per heavy atom. The molecule has 0 spiro atoms. The standard InChI is InChI=1S/C21H29N/c1-4-5-16-21(2,3)22(17-19-12-8-6-9-13-19)18-20-14-10-7-11-15-20/h6-15H,4-5,16-18H2,1-3H3. The number of unbranched alkanes of at least 4 members (excludes halogenated alkanes) is 1. The van der Waals surface area contributed by atoms with Crippen LogP contribution in [0.25, 0.3) is 0 Å². The molecule has 0 saturated heterocycles. The quantitative estimate of drug-likeness (QED) is 0.607. The van der Waals surface area contributed by atoms with Crippen molar-refractivity contribution in [2.75, 3.05) is 0 Å². The highest BCUT2D eigenvalue weighted by atomic mass is 15.2. The first-order valence-corrected chi connectivity index (χ1v) is 8.45. The zero-order valence-corrected chi connectivity index (χ0v) is 14.3. The van der Waals surface area contributed by atoms with Gasteiger partial charge in [0.1, 0.15) is 0 Å². The summed E-state index contributed by atoms with van der Waals surface area (Å²) in [6.45, 7) is 9.05. The predicted molar refractivity (Wildman–Crippen MR) is 95.7 cm³/mol. The van der Waals surface area contributed by atoms with E-state index in [0.29, 0.717) is 0 Å². The molecule has 1 nitrogen and oxygen atoms in total. The second kappa shape index (κ2) is 8.14. The molecule has 0 N–H and O–H groups in total. The summed E-state index contributed by atoms with van der Waals surface area (Å²) in [6, 6.07) is 21.6. The fourth-order valence-electron chi connectivity index (χ4n) is 2.86. The molecule has 2 rings (SSSR count). The maximum Gasteiger partial charge on any atom is 0.0242 e. The highest BCUT2D eigenvalue weighted by Gasteiger charge is 2.26. The van der Waals surface area contributed by atoms with E-state index in [9.17, 15) is 0 Å². The Morgan fingerprint density at radius 1 is 0.773 bits per heavy atom. The molecule has 0 bridgehead atoms. The van der Waals surface area contributed by atoms with E-state index >= 15 is 0 Å². The van der Waals surface area contributed by atoms with Crippen molar-refractivity contribution in [1.29, 1.82) is 0 Å². The summed E-state index contributed by atoms with van der Waals surface area (Å²) in [5.41, 5.74) is 2.99. The molecule has 0 radical (unpaired) electrons. The van der Waals surface area contributed by atoms with Crippen molar-refractivity contribution in [3.8, 4) is 0 Å². The lowest BCUT2D eigenvalue weighted by atomic mass is 9.93. The molecule has 22 heavy (non-hydrogen) atoms. The van der Waals surface area contributed by atoms with Crippen molar-refractivity contribution in [3.63, 3.8) is 0 Å². The van der Waals surface area contributed by atoms with Crippen molar-refractivity contribution in [3.05, 3.63) is 71.8 Å². The van der Waals surface area contributed by atoms with Crippen molar-refractivity contribution >= 4 is 0 Å². The molecule has 1 heteroatoms. The molecule has 2 aromatic carbocycles. The molecule has 0 heterocycles. The van der Waals surface area contributed by atoms with Crippen LogP contribution in [0.4, 0.5) is 0 Å². The molecule has 118 valence electrons. The van der Waals surface area contributed by atoms with Crippen LogP contribution in [-0.4, -0.2) is 10.4 Å². The minimum Gasteiger partial charge on any atom is -0.290 e. The van der Waals surface area contributed by atoms with Gasteiger partial charge in [0.25, 0.3) is 0 Å². The third-order valence-electron chi connectivity index (χ3n) is 4.43. The first kappa shape index (κ1) is 16.8. The van der Waals surface area contributed by atoms with Gasteiger partial charge in [-0.3, -0.25) is 4.90 Å². The monoisotopic (exact) mass is 295 g/mol. The molecular weight excluding hydrogens is 266 g/mol. The fraction of sp³-hybridized carbons (Fsp3) is 0.429. The summed E-state index contributed by atoms with van der Waals surface area (Å²) in [4.78, 5) is 2.62. The molecular formula is C21H29N. The van der Waals surface area contributed by atoms with Crippen LogP contribution in [0, 0.1) is 0 Å². The lowest BCUT2D eigenvalue weighted by molar-refractivity contribution is 0.0912. The van der Waals surface area contributed by atoms with Crippen LogP contribution in [0.1, 0.15) is 51.2 Å². The summed E-state index contributed by atoms with van der Waals surface area (Å²) in [5, 5.41) is 0. The number of hydrogen-bond acceptors (Lipinski definition) is 1. The van der Waals surface area contributed by atoms with Gasteiger partial charge in [0, 0.05) is 18.6 Å². The van der Waals surface area contributed by atoms with Gasteiger partial charge in [0.15, 0.2) is 0 Å². The molecule has 0 aliphatic rings. The minimum atomic E-state index is 0.210. The first-order valence-electron chi connectivity index (χ1n) is 8.45. The van der Waals surface area contributed by atoms with Gasteiger partial charge < -0.3 is 0 Å². The maximum atomic E-state index is 2.62. The SMILES string of the molecule is CCCCC(C)(C)N(Cc1ccccc1)Cc1ccccc1. The molecule has 2 aromatic rings. The van der Waals surface area contributed by atoms with E-state index in [2.05, 4.69) is 86.3 Å². The van der Waals surface area contributed by atoms with Crippen molar-refractivity contribution in [1.82, 2.24) is 4.90 Å². The Morgan fingerprint density at radius 2 is 1.23 bits per heavy atom. The van der Waals surface area contributed by atoms with Gasteiger partial charge in [-0.2, -0.15) is 0 Å². The second-order valence-corrected chi connectivity index (χ2v) is 6.74. The van der Waals surface area contributed by atoms with Crippen LogP contribution in [0.5, 0.6) is 0 Å². The average Bonchev–Trinajstić information content (AvgIpc) is 2.54. The van der Waals surface area contributed by atoms with Gasteiger partial charge in [-0.1, -0.05) is 80.4 Å². The van der Waals surface area contributed by atoms with Crippen LogP contribution in [0.2, 0.25) is 0 Å². The Balaban J connectivity index is 2.16. The Labute approximate surface area is 136 Å². The lowest BCUT2D eigenvalue weighted by Crippen LogP contribution is -2.42. The Hall–Kier alpha value is -1.60. The number of rotatable bonds is 8. The summed E-state index contributed by atoms with van der Waals surface area (Å²) in [6.07, 6.45) is 3.78. The van der Waals surface area contributed by atoms with Gasteiger partial charge in [0.2, 0.25) is 0 Å². The molecule has 0 amide bonds. The summed E-state index contributed by atoms with van der Waals surface area (Å²) < 4.78 is 0. The van der Waals surface area contributed by atoms with Crippen LogP contribution in [0.15, 0.2) is 60.7 Å². The largest absolute Gasteiger partial charge is 0.290 e. The predicted octanol–water partition coefficient (Wildman–Crippen LogP) is 5.66. The van der Waals surface area contributed by atoms with Crippen LogP contribution in [-0.2, 0) is 13.1 Å². The number of benzene rings is 2.